The van der Waals surface area contributed by atoms with Gasteiger partial charge in [-0.05, 0) is 12.1 Å². The second-order valence-electron chi connectivity index (χ2n) is 3.21. The van der Waals surface area contributed by atoms with Crippen LogP contribution in [0.5, 0.6) is 0 Å². The first-order valence-corrected chi connectivity index (χ1v) is 5.45. The molecule has 0 atom stereocenters. The number of para-hydroxylation sites is 1. The highest BCUT2D eigenvalue weighted by Crippen LogP contribution is 2.14. The first kappa shape index (κ1) is 8.61. The van der Waals surface area contributed by atoms with Crippen molar-refractivity contribution in [2.45, 2.75) is 0 Å². The van der Waals surface area contributed by atoms with Crippen molar-refractivity contribution in [2.75, 3.05) is 0 Å². The van der Waals surface area contributed by atoms with Crippen molar-refractivity contribution < 1.29 is 0 Å². The molecule has 0 aliphatic carbocycles. The lowest BCUT2D eigenvalue weighted by Gasteiger charge is -1.95. The molecular weight excluding hydrogens is 207 g/mol. The van der Waals surface area contributed by atoms with Crippen LogP contribution in [-0.2, 0) is 0 Å². The van der Waals surface area contributed by atoms with Crippen LogP contribution < -0.4 is 4.91 Å². The summed E-state index contributed by atoms with van der Waals surface area (Å²) in [5, 5.41) is 10.2. The Balaban J connectivity index is 2.27. The Morgan fingerprint density at radius 3 is 2.93 bits per heavy atom. The average Bonchev–Trinajstić information content (AvgIpc) is 2.83. The summed E-state index contributed by atoms with van der Waals surface area (Å²) >= 11 is 1.61. The summed E-state index contributed by atoms with van der Waals surface area (Å²) in [6, 6.07) is 7.86. The molecule has 0 amide bonds. The van der Waals surface area contributed by atoms with Crippen LogP contribution in [0.1, 0.15) is 0 Å². The van der Waals surface area contributed by atoms with Crippen LogP contribution in [0.2, 0.25) is 0 Å². The Hall–Kier alpha value is -1.69. The van der Waals surface area contributed by atoms with Crippen LogP contribution in [0.25, 0.3) is 16.9 Å². The normalized spacial score (nSPS) is 10.9. The van der Waals surface area contributed by atoms with Crippen LogP contribution in [-0.4, -0.2) is 27.8 Å². The molecule has 2 heterocycles. The number of aromatic nitrogens is 4. The van der Waals surface area contributed by atoms with Gasteiger partial charge in [-0.25, -0.2) is 4.98 Å². The molecule has 1 aromatic carbocycles. The number of hydrogen-bond donors (Lipinski definition) is 0. The van der Waals surface area contributed by atoms with Crippen LogP contribution in [0, 0.1) is 0 Å². The lowest BCUT2D eigenvalue weighted by atomic mass is 10.2. The second-order valence-corrected chi connectivity index (χ2v) is 4.28. The van der Waals surface area contributed by atoms with Crippen LogP contribution in [0.4, 0.5) is 0 Å². The number of rotatable bonds is 1. The number of fused-ring (bicyclic) bond motifs is 1. The molecule has 0 aliphatic heterocycles. The minimum Gasteiger partial charge on any atom is -0.233 e. The quantitative estimate of drug-likeness (QED) is 0.541. The van der Waals surface area contributed by atoms with E-state index in [-0.39, 0.29) is 0 Å². The molecule has 3 aromatic rings. The highest BCUT2D eigenvalue weighted by molar-refractivity contribution is 7.18. The van der Waals surface area contributed by atoms with Crippen molar-refractivity contribution in [1.82, 2.24) is 20.0 Å². The molecule has 0 bridgehead atoms. The molecular formula is C9H7BN4S. The molecule has 0 unspecified atom stereocenters. The SMILES string of the molecule is Bc1nc(-n2nnc3ccccc32)cs1. The van der Waals surface area contributed by atoms with Crippen molar-refractivity contribution >= 4 is 35.1 Å². The predicted molar refractivity (Wildman–Crippen MR) is 62.7 cm³/mol. The van der Waals surface area contributed by atoms with Gasteiger partial charge in [0.1, 0.15) is 5.52 Å². The fourth-order valence-corrected chi connectivity index (χ4v) is 2.06. The van der Waals surface area contributed by atoms with Gasteiger partial charge in [-0.15, -0.1) is 16.4 Å². The molecule has 6 heteroatoms. The van der Waals surface area contributed by atoms with Gasteiger partial charge in [0.2, 0.25) is 0 Å². The Labute approximate surface area is 91.0 Å². The fourth-order valence-electron chi connectivity index (χ4n) is 1.49. The highest BCUT2D eigenvalue weighted by Gasteiger charge is 2.07. The summed E-state index contributed by atoms with van der Waals surface area (Å²) in [6.07, 6.45) is 0. The zero-order chi connectivity index (χ0) is 10.3. The van der Waals surface area contributed by atoms with Gasteiger partial charge in [0, 0.05) is 10.3 Å². The molecule has 0 spiro atoms. The molecule has 0 N–H and O–H groups in total. The number of benzene rings is 1. The van der Waals surface area contributed by atoms with Crippen molar-refractivity contribution in [1.29, 1.82) is 0 Å². The summed E-state index contributed by atoms with van der Waals surface area (Å²) in [6.45, 7) is 0. The summed E-state index contributed by atoms with van der Waals surface area (Å²) in [4.78, 5) is 5.41. The third kappa shape index (κ3) is 1.34. The molecule has 0 fully saturated rings. The third-order valence-corrected chi connectivity index (χ3v) is 2.94. The van der Waals surface area contributed by atoms with Crippen LogP contribution in [0.15, 0.2) is 29.6 Å². The summed E-state index contributed by atoms with van der Waals surface area (Å²) in [5.41, 5.74) is 1.88. The lowest BCUT2D eigenvalue weighted by molar-refractivity contribution is 0.808. The first-order valence-electron chi connectivity index (χ1n) is 4.57. The van der Waals surface area contributed by atoms with E-state index in [0.29, 0.717) is 0 Å². The minimum absolute atomic E-state index is 0.839. The summed E-state index contributed by atoms with van der Waals surface area (Å²) < 4.78 is 1.76. The monoisotopic (exact) mass is 214 g/mol. The topological polar surface area (TPSA) is 43.6 Å². The Kier molecular flexibility index (Phi) is 1.82. The lowest BCUT2D eigenvalue weighted by Crippen LogP contribution is -2.03. The van der Waals surface area contributed by atoms with Crippen molar-refractivity contribution in [2.24, 2.45) is 0 Å². The Bertz CT molecular complexity index is 615. The Morgan fingerprint density at radius 1 is 1.27 bits per heavy atom. The van der Waals surface area contributed by atoms with Gasteiger partial charge in [-0.3, -0.25) is 0 Å². The van der Waals surface area contributed by atoms with Crippen molar-refractivity contribution in [3.63, 3.8) is 0 Å². The Morgan fingerprint density at radius 2 is 2.13 bits per heavy atom. The molecule has 2 aromatic heterocycles. The van der Waals surface area contributed by atoms with Gasteiger partial charge in [0.05, 0.1) is 5.52 Å². The number of hydrogen-bond acceptors (Lipinski definition) is 4. The highest BCUT2D eigenvalue weighted by atomic mass is 32.1. The maximum atomic E-state index is 4.38. The van der Waals surface area contributed by atoms with E-state index >= 15 is 0 Å². The average molecular weight is 214 g/mol. The van der Waals surface area contributed by atoms with E-state index < -0.39 is 0 Å². The zero-order valence-electron chi connectivity index (χ0n) is 8.08. The molecule has 0 aliphatic rings. The predicted octanol–water partition coefficient (Wildman–Crippen LogP) is 0.135. The van der Waals surface area contributed by atoms with E-state index in [1.54, 1.807) is 16.0 Å². The van der Waals surface area contributed by atoms with Gasteiger partial charge in [-0.2, -0.15) is 4.68 Å². The van der Waals surface area contributed by atoms with E-state index in [1.807, 2.05) is 37.5 Å². The van der Waals surface area contributed by atoms with Crippen molar-refractivity contribution in [3.8, 4) is 5.82 Å². The van der Waals surface area contributed by atoms with Gasteiger partial charge in [0.25, 0.3) is 0 Å². The summed E-state index contributed by atoms with van der Waals surface area (Å²) in [5.74, 6) is 0.839. The van der Waals surface area contributed by atoms with E-state index in [2.05, 4.69) is 15.3 Å². The molecule has 4 nitrogen and oxygen atoms in total. The molecule has 0 saturated carbocycles. The maximum absolute atomic E-state index is 4.38. The molecule has 72 valence electrons. The first-order chi connectivity index (χ1) is 7.34. The molecule has 3 rings (SSSR count). The van der Waals surface area contributed by atoms with E-state index in [0.717, 1.165) is 21.8 Å². The van der Waals surface area contributed by atoms with Crippen molar-refractivity contribution in [3.05, 3.63) is 29.6 Å². The fraction of sp³-hybridized carbons (Fsp3) is 0. The summed E-state index contributed by atoms with van der Waals surface area (Å²) in [7, 11) is 1.98. The van der Waals surface area contributed by atoms with Gasteiger partial charge in [0.15, 0.2) is 13.7 Å². The molecule has 15 heavy (non-hydrogen) atoms. The van der Waals surface area contributed by atoms with E-state index in [4.69, 9.17) is 0 Å². The van der Waals surface area contributed by atoms with Gasteiger partial charge in [-0.1, -0.05) is 17.3 Å². The standard InChI is InChI=1S/C9H7BN4S/c10-9-11-8(5-15-9)14-7-4-2-1-3-6(7)12-13-14/h1-5H,10H2. The number of nitrogens with zero attached hydrogens (tertiary/aromatic N) is 4. The third-order valence-electron chi connectivity index (χ3n) is 2.18. The second kappa shape index (κ2) is 3.17. The molecule has 0 radical (unpaired) electrons. The van der Waals surface area contributed by atoms with E-state index in [1.165, 1.54) is 0 Å². The zero-order valence-corrected chi connectivity index (χ0v) is 8.90. The maximum Gasteiger partial charge on any atom is 0.177 e. The van der Waals surface area contributed by atoms with Crippen LogP contribution in [0.3, 0.4) is 0 Å². The largest absolute Gasteiger partial charge is 0.233 e. The number of thiazole rings is 1. The van der Waals surface area contributed by atoms with Gasteiger partial charge >= 0.3 is 0 Å². The molecule has 0 saturated heterocycles. The van der Waals surface area contributed by atoms with E-state index in [9.17, 15) is 0 Å². The van der Waals surface area contributed by atoms with Gasteiger partial charge < -0.3 is 0 Å². The smallest absolute Gasteiger partial charge is 0.177 e. The van der Waals surface area contributed by atoms with Crippen LogP contribution >= 0.6 is 11.3 Å². The minimum atomic E-state index is 0.839.